The third kappa shape index (κ3) is 4.07. The average molecular weight is 322 g/mol. The molecule has 2 rings (SSSR count). The molecular formula is C17H26N2O4. The van der Waals surface area contributed by atoms with Crippen LogP contribution < -0.4 is 14.8 Å². The minimum atomic E-state index is -0.0677. The molecule has 23 heavy (non-hydrogen) atoms. The number of hydrogen-bond donors (Lipinski definition) is 1. The molecule has 1 aromatic rings. The summed E-state index contributed by atoms with van der Waals surface area (Å²) < 4.78 is 15.9. The van der Waals surface area contributed by atoms with Gasteiger partial charge in [0.15, 0.2) is 0 Å². The molecule has 1 aliphatic rings. The first-order valence-electron chi connectivity index (χ1n) is 7.88. The minimum Gasteiger partial charge on any atom is -0.497 e. The molecule has 1 aromatic carbocycles. The molecule has 1 N–H and O–H groups in total. The van der Waals surface area contributed by atoms with E-state index in [1.807, 2.05) is 30.0 Å². The van der Waals surface area contributed by atoms with Crippen molar-refractivity contribution < 1.29 is 19.0 Å². The largest absolute Gasteiger partial charge is 0.497 e. The number of ether oxygens (including phenoxy) is 3. The van der Waals surface area contributed by atoms with Crippen LogP contribution in [0.1, 0.15) is 31.4 Å². The summed E-state index contributed by atoms with van der Waals surface area (Å²) in [6, 6.07) is 5.60. The lowest BCUT2D eigenvalue weighted by atomic mass is 10.0. The highest BCUT2D eigenvalue weighted by molar-refractivity contribution is 5.75. The van der Waals surface area contributed by atoms with Crippen molar-refractivity contribution >= 4 is 6.03 Å². The van der Waals surface area contributed by atoms with E-state index in [4.69, 9.17) is 14.2 Å². The zero-order chi connectivity index (χ0) is 16.8. The molecule has 0 saturated carbocycles. The number of nitrogens with one attached hydrogen (secondary N) is 1. The molecule has 1 saturated heterocycles. The van der Waals surface area contributed by atoms with Gasteiger partial charge >= 0.3 is 6.03 Å². The highest BCUT2D eigenvalue weighted by atomic mass is 16.5. The topological polar surface area (TPSA) is 60.0 Å². The van der Waals surface area contributed by atoms with Crippen molar-refractivity contribution in [3.63, 3.8) is 0 Å². The molecule has 0 aliphatic carbocycles. The molecule has 2 unspecified atom stereocenters. The second-order valence-electron chi connectivity index (χ2n) is 5.77. The van der Waals surface area contributed by atoms with Gasteiger partial charge in [-0.2, -0.15) is 0 Å². The number of rotatable bonds is 6. The van der Waals surface area contributed by atoms with Crippen molar-refractivity contribution in [2.24, 2.45) is 0 Å². The fraction of sp³-hybridized carbons (Fsp3) is 0.588. The van der Waals surface area contributed by atoms with Crippen LogP contribution in [0.2, 0.25) is 0 Å². The van der Waals surface area contributed by atoms with Crippen LogP contribution in [0.4, 0.5) is 4.79 Å². The maximum absolute atomic E-state index is 12.6. The van der Waals surface area contributed by atoms with E-state index in [2.05, 4.69) is 5.32 Å². The Hall–Kier alpha value is -1.95. The lowest BCUT2D eigenvalue weighted by Crippen LogP contribution is -2.45. The zero-order valence-electron chi connectivity index (χ0n) is 14.3. The lowest BCUT2D eigenvalue weighted by molar-refractivity contribution is 0.157. The summed E-state index contributed by atoms with van der Waals surface area (Å²) in [6.07, 6.45) is 1.88. The van der Waals surface area contributed by atoms with Crippen LogP contribution in [-0.4, -0.2) is 51.5 Å². The predicted octanol–water partition coefficient (Wildman–Crippen LogP) is 2.59. The van der Waals surface area contributed by atoms with Crippen molar-refractivity contribution in [3.05, 3.63) is 23.8 Å². The van der Waals surface area contributed by atoms with Crippen LogP contribution in [0.3, 0.4) is 0 Å². The summed E-state index contributed by atoms with van der Waals surface area (Å²) >= 11 is 0. The molecule has 1 fully saturated rings. The number of likely N-dealkylation sites (tertiary alicyclic amines) is 1. The molecule has 2 atom stereocenters. The van der Waals surface area contributed by atoms with Gasteiger partial charge in [0, 0.05) is 19.2 Å². The first-order valence-corrected chi connectivity index (χ1v) is 7.88. The normalized spacial score (nSPS) is 18.6. The summed E-state index contributed by atoms with van der Waals surface area (Å²) in [6.45, 7) is 3.15. The number of carbonyl (C=O) groups is 1. The van der Waals surface area contributed by atoms with Crippen LogP contribution in [0, 0.1) is 0 Å². The smallest absolute Gasteiger partial charge is 0.318 e. The maximum atomic E-state index is 12.6. The van der Waals surface area contributed by atoms with Crippen LogP contribution in [0.15, 0.2) is 18.2 Å². The molecule has 1 heterocycles. The Morgan fingerprint density at radius 3 is 2.78 bits per heavy atom. The van der Waals surface area contributed by atoms with Crippen molar-refractivity contribution in [3.8, 4) is 11.5 Å². The summed E-state index contributed by atoms with van der Waals surface area (Å²) in [5.41, 5.74) is 0.985. The summed E-state index contributed by atoms with van der Waals surface area (Å²) in [5, 5.41) is 2.98. The molecule has 0 aromatic heterocycles. The van der Waals surface area contributed by atoms with Crippen molar-refractivity contribution in [2.45, 2.75) is 31.8 Å². The third-order valence-electron chi connectivity index (χ3n) is 4.10. The van der Waals surface area contributed by atoms with Gasteiger partial charge in [0.2, 0.25) is 0 Å². The van der Waals surface area contributed by atoms with Gasteiger partial charge in [-0.3, -0.25) is 0 Å². The van der Waals surface area contributed by atoms with Crippen molar-refractivity contribution in [1.29, 1.82) is 0 Å². The standard InChI is InChI=1S/C17H26N2O4/c1-12(11-21-2)18-17(20)19-9-5-6-15(19)14-10-13(22-3)7-8-16(14)23-4/h7-8,10,12,15H,5-6,9,11H2,1-4H3,(H,18,20). The van der Waals surface area contributed by atoms with E-state index in [1.54, 1.807) is 21.3 Å². The molecule has 128 valence electrons. The van der Waals surface area contributed by atoms with Crippen molar-refractivity contribution in [2.75, 3.05) is 34.5 Å². The first-order chi connectivity index (χ1) is 11.1. The van der Waals surface area contributed by atoms with E-state index in [1.165, 1.54) is 0 Å². The van der Waals surface area contributed by atoms with E-state index in [0.717, 1.165) is 36.4 Å². The second kappa shape index (κ2) is 8.06. The highest BCUT2D eigenvalue weighted by Crippen LogP contribution is 2.38. The Morgan fingerprint density at radius 1 is 1.35 bits per heavy atom. The number of carbonyl (C=O) groups excluding carboxylic acids is 1. The minimum absolute atomic E-state index is 0.00482. The fourth-order valence-corrected chi connectivity index (χ4v) is 3.02. The Kier molecular flexibility index (Phi) is 6.10. The molecular weight excluding hydrogens is 296 g/mol. The Bertz CT molecular complexity index is 535. The molecule has 0 spiro atoms. The van der Waals surface area contributed by atoms with Gasteiger partial charge in [0.05, 0.1) is 32.9 Å². The number of benzene rings is 1. The Morgan fingerprint density at radius 2 is 2.13 bits per heavy atom. The Balaban J connectivity index is 2.19. The molecule has 0 radical (unpaired) electrons. The van der Waals surface area contributed by atoms with E-state index in [9.17, 15) is 4.79 Å². The maximum Gasteiger partial charge on any atom is 0.318 e. The van der Waals surface area contributed by atoms with Crippen molar-refractivity contribution in [1.82, 2.24) is 10.2 Å². The summed E-state index contributed by atoms with van der Waals surface area (Å²) in [7, 11) is 4.91. The zero-order valence-corrected chi connectivity index (χ0v) is 14.3. The van der Waals surface area contributed by atoms with Gasteiger partial charge in [-0.15, -0.1) is 0 Å². The highest BCUT2D eigenvalue weighted by Gasteiger charge is 2.32. The van der Waals surface area contributed by atoms with E-state index in [0.29, 0.717) is 6.61 Å². The van der Waals surface area contributed by atoms with Crippen LogP contribution >= 0.6 is 0 Å². The van der Waals surface area contributed by atoms with Gasteiger partial charge < -0.3 is 24.4 Å². The second-order valence-corrected chi connectivity index (χ2v) is 5.77. The van der Waals surface area contributed by atoms with E-state index in [-0.39, 0.29) is 18.1 Å². The summed E-state index contributed by atoms with van der Waals surface area (Å²) in [5.74, 6) is 1.54. The average Bonchev–Trinajstić information content (AvgIpc) is 3.03. The molecule has 6 nitrogen and oxygen atoms in total. The number of amides is 2. The fourth-order valence-electron chi connectivity index (χ4n) is 3.02. The summed E-state index contributed by atoms with van der Waals surface area (Å²) in [4.78, 5) is 14.4. The van der Waals surface area contributed by atoms with Gasteiger partial charge in [0.1, 0.15) is 11.5 Å². The van der Waals surface area contributed by atoms with E-state index < -0.39 is 0 Å². The molecule has 1 aliphatic heterocycles. The number of methoxy groups -OCH3 is 3. The van der Waals surface area contributed by atoms with Gasteiger partial charge in [0.25, 0.3) is 0 Å². The first kappa shape index (κ1) is 17.4. The lowest BCUT2D eigenvalue weighted by Gasteiger charge is -2.28. The predicted molar refractivity (Wildman–Crippen MR) is 88.1 cm³/mol. The molecule has 0 bridgehead atoms. The van der Waals surface area contributed by atoms with Gasteiger partial charge in [-0.25, -0.2) is 4.79 Å². The van der Waals surface area contributed by atoms with Crippen LogP contribution in [-0.2, 0) is 4.74 Å². The van der Waals surface area contributed by atoms with E-state index >= 15 is 0 Å². The molecule has 6 heteroatoms. The van der Waals surface area contributed by atoms with Gasteiger partial charge in [-0.05, 0) is 38.0 Å². The monoisotopic (exact) mass is 322 g/mol. The number of nitrogens with zero attached hydrogens (tertiary/aromatic N) is 1. The quantitative estimate of drug-likeness (QED) is 0.874. The third-order valence-corrected chi connectivity index (χ3v) is 4.10. The van der Waals surface area contributed by atoms with Crippen LogP contribution in [0.5, 0.6) is 11.5 Å². The SMILES string of the molecule is COCC(C)NC(=O)N1CCCC1c1cc(OC)ccc1OC. The Labute approximate surface area is 137 Å². The molecule has 2 amide bonds. The number of urea groups is 1. The van der Waals surface area contributed by atoms with Gasteiger partial charge in [-0.1, -0.05) is 0 Å². The van der Waals surface area contributed by atoms with Crippen LogP contribution in [0.25, 0.3) is 0 Å². The number of hydrogen-bond acceptors (Lipinski definition) is 4.